The predicted molar refractivity (Wildman–Crippen MR) is 83.1 cm³/mol. The molecule has 0 saturated carbocycles. The first kappa shape index (κ1) is 17.8. The number of carboxylic acid groups (broad SMARTS) is 1. The van der Waals surface area contributed by atoms with Gasteiger partial charge < -0.3 is 10.0 Å². The minimum absolute atomic E-state index is 0.0946. The van der Waals surface area contributed by atoms with Gasteiger partial charge in [0.1, 0.15) is 0 Å². The Bertz CT molecular complexity index is 652. The smallest absolute Gasteiger partial charge is 0.407 e. The number of nitrogens with zero attached hydrogens (tertiary/aromatic N) is 2. The molecule has 1 amide bonds. The van der Waals surface area contributed by atoms with E-state index >= 15 is 0 Å². The Hall–Kier alpha value is -2.27. The van der Waals surface area contributed by atoms with Gasteiger partial charge in [0, 0.05) is 18.8 Å². The summed E-state index contributed by atoms with van der Waals surface area (Å²) >= 11 is 0. The van der Waals surface area contributed by atoms with Crippen molar-refractivity contribution in [2.45, 2.75) is 19.8 Å². The van der Waals surface area contributed by atoms with E-state index in [1.165, 1.54) is 12.1 Å². The second-order valence-corrected chi connectivity index (χ2v) is 6.58. The van der Waals surface area contributed by atoms with Crippen LogP contribution in [0.5, 0.6) is 0 Å². The van der Waals surface area contributed by atoms with Crippen molar-refractivity contribution >= 4 is 21.8 Å². The molecule has 0 atom stereocenters. The fourth-order valence-corrected chi connectivity index (χ4v) is 2.81. The van der Waals surface area contributed by atoms with E-state index in [2.05, 4.69) is 4.72 Å². The topological polar surface area (TPSA) is 111 Å². The summed E-state index contributed by atoms with van der Waals surface area (Å²) in [5.74, 6) is -0.334. The molecule has 8 heteroatoms. The van der Waals surface area contributed by atoms with E-state index in [9.17, 15) is 13.2 Å². The molecule has 0 fully saturated rings. The van der Waals surface area contributed by atoms with Crippen molar-refractivity contribution in [3.8, 4) is 6.07 Å². The third-order valence-corrected chi connectivity index (χ3v) is 4.21. The summed E-state index contributed by atoms with van der Waals surface area (Å²) in [7, 11) is -3.68. The Balaban J connectivity index is 2.66. The van der Waals surface area contributed by atoms with Gasteiger partial charge in [0.05, 0.1) is 17.4 Å². The van der Waals surface area contributed by atoms with Crippen LogP contribution in [0, 0.1) is 11.3 Å². The van der Waals surface area contributed by atoms with E-state index < -0.39 is 16.1 Å². The molecule has 0 aliphatic rings. The molecule has 0 unspecified atom stereocenters. The van der Waals surface area contributed by atoms with Crippen molar-refractivity contribution in [1.82, 2.24) is 4.90 Å². The van der Waals surface area contributed by atoms with Crippen LogP contribution in [0.4, 0.5) is 10.5 Å². The molecule has 0 bridgehead atoms. The average molecular weight is 325 g/mol. The highest BCUT2D eigenvalue weighted by Crippen LogP contribution is 2.12. The zero-order valence-corrected chi connectivity index (χ0v) is 13.1. The second kappa shape index (κ2) is 8.24. The molecular formula is C14H19N3O4S. The number of amides is 1. The summed E-state index contributed by atoms with van der Waals surface area (Å²) in [5.41, 5.74) is 0.629. The number of hydrogen-bond acceptors (Lipinski definition) is 4. The molecule has 2 N–H and O–H groups in total. The first-order valence-electron chi connectivity index (χ1n) is 6.86. The molecule has 120 valence electrons. The Morgan fingerprint density at radius 1 is 1.41 bits per heavy atom. The van der Waals surface area contributed by atoms with Gasteiger partial charge in [-0.1, -0.05) is 19.4 Å². The number of hydrogen-bond donors (Lipinski definition) is 2. The first-order valence-corrected chi connectivity index (χ1v) is 8.51. The molecule has 7 nitrogen and oxygen atoms in total. The maximum atomic E-state index is 12.0. The van der Waals surface area contributed by atoms with Crippen LogP contribution in [0.1, 0.15) is 25.3 Å². The maximum Gasteiger partial charge on any atom is 0.407 e. The minimum Gasteiger partial charge on any atom is -0.465 e. The maximum absolute atomic E-state index is 12.0. The van der Waals surface area contributed by atoms with Gasteiger partial charge in [-0.25, -0.2) is 13.2 Å². The molecule has 0 radical (unpaired) electrons. The van der Waals surface area contributed by atoms with E-state index in [-0.39, 0.29) is 18.0 Å². The van der Waals surface area contributed by atoms with Crippen molar-refractivity contribution < 1.29 is 18.3 Å². The summed E-state index contributed by atoms with van der Waals surface area (Å²) in [6.07, 6.45) is 0.384. The van der Waals surface area contributed by atoms with Crippen LogP contribution < -0.4 is 4.72 Å². The van der Waals surface area contributed by atoms with Crippen LogP contribution in [-0.4, -0.2) is 43.4 Å². The standard InChI is InChI=1S/C14H19N3O4S/c1-2-3-7-17(14(18)19)8-9-22(20,21)16-13-6-4-5-12(10-13)11-15/h4-6,10,16H,2-3,7-9H2,1H3,(H,18,19). The fraction of sp³-hybridized carbons (Fsp3) is 0.429. The number of unbranched alkanes of at least 4 members (excludes halogenated alkanes) is 1. The largest absolute Gasteiger partial charge is 0.465 e. The lowest BCUT2D eigenvalue weighted by Crippen LogP contribution is -2.36. The van der Waals surface area contributed by atoms with Gasteiger partial charge in [0.15, 0.2) is 0 Å². The second-order valence-electron chi connectivity index (χ2n) is 4.74. The van der Waals surface area contributed by atoms with Gasteiger partial charge in [-0.2, -0.15) is 5.26 Å². The van der Waals surface area contributed by atoms with E-state index in [0.717, 1.165) is 11.3 Å². The molecule has 1 aromatic carbocycles. The predicted octanol–water partition coefficient (Wildman–Crippen LogP) is 2.08. The Kier molecular flexibility index (Phi) is 6.66. The molecule has 0 heterocycles. The SMILES string of the molecule is CCCCN(CCS(=O)(=O)Nc1cccc(C#N)c1)C(=O)O. The molecule has 0 aliphatic heterocycles. The van der Waals surface area contributed by atoms with Crippen LogP contribution in [0.3, 0.4) is 0 Å². The van der Waals surface area contributed by atoms with Gasteiger partial charge in [-0.15, -0.1) is 0 Å². The Morgan fingerprint density at radius 2 is 2.14 bits per heavy atom. The zero-order chi connectivity index (χ0) is 16.6. The highest BCUT2D eigenvalue weighted by atomic mass is 32.2. The van der Waals surface area contributed by atoms with Gasteiger partial charge in [0.2, 0.25) is 10.0 Å². The summed E-state index contributed by atoms with van der Waals surface area (Å²) < 4.78 is 26.3. The van der Waals surface area contributed by atoms with Gasteiger partial charge >= 0.3 is 6.09 Å². The van der Waals surface area contributed by atoms with Crippen LogP contribution in [-0.2, 0) is 10.0 Å². The van der Waals surface area contributed by atoms with Crippen molar-refractivity contribution in [2.75, 3.05) is 23.6 Å². The van der Waals surface area contributed by atoms with Gasteiger partial charge in [-0.05, 0) is 24.6 Å². The number of benzene rings is 1. The molecule has 1 rings (SSSR count). The first-order chi connectivity index (χ1) is 10.4. The fourth-order valence-electron chi connectivity index (χ4n) is 1.77. The Labute approximate surface area is 130 Å². The average Bonchev–Trinajstić information content (AvgIpc) is 2.46. The normalized spacial score (nSPS) is 10.7. The van der Waals surface area contributed by atoms with E-state index in [4.69, 9.17) is 10.4 Å². The van der Waals surface area contributed by atoms with Gasteiger partial charge in [-0.3, -0.25) is 4.72 Å². The molecule has 0 spiro atoms. The molecule has 1 aromatic rings. The molecule has 0 aromatic heterocycles. The zero-order valence-electron chi connectivity index (χ0n) is 12.3. The number of nitrogens with one attached hydrogen (secondary N) is 1. The van der Waals surface area contributed by atoms with Crippen molar-refractivity contribution in [3.05, 3.63) is 29.8 Å². The molecule has 0 saturated heterocycles. The summed E-state index contributed by atoms with van der Waals surface area (Å²) in [5, 5.41) is 17.8. The van der Waals surface area contributed by atoms with Crippen LogP contribution in [0.2, 0.25) is 0 Å². The van der Waals surface area contributed by atoms with E-state index in [1.807, 2.05) is 13.0 Å². The number of nitriles is 1. The van der Waals surface area contributed by atoms with Crippen LogP contribution >= 0.6 is 0 Å². The third kappa shape index (κ3) is 6.01. The lowest BCUT2D eigenvalue weighted by atomic mass is 10.2. The van der Waals surface area contributed by atoms with E-state index in [0.29, 0.717) is 18.5 Å². The summed E-state index contributed by atoms with van der Waals surface area (Å²) in [4.78, 5) is 12.1. The van der Waals surface area contributed by atoms with Crippen molar-refractivity contribution in [3.63, 3.8) is 0 Å². The molecular weight excluding hydrogens is 306 g/mol. The number of rotatable bonds is 8. The molecule has 0 aliphatic carbocycles. The number of carbonyl (C=O) groups is 1. The minimum atomic E-state index is -3.68. The monoisotopic (exact) mass is 325 g/mol. The lowest BCUT2D eigenvalue weighted by Gasteiger charge is -2.19. The highest BCUT2D eigenvalue weighted by molar-refractivity contribution is 7.92. The van der Waals surface area contributed by atoms with Gasteiger partial charge in [0.25, 0.3) is 0 Å². The third-order valence-electron chi connectivity index (χ3n) is 2.95. The van der Waals surface area contributed by atoms with Crippen LogP contribution in [0.15, 0.2) is 24.3 Å². The van der Waals surface area contributed by atoms with E-state index in [1.54, 1.807) is 12.1 Å². The Morgan fingerprint density at radius 3 is 2.73 bits per heavy atom. The van der Waals surface area contributed by atoms with Crippen molar-refractivity contribution in [2.24, 2.45) is 0 Å². The molecule has 22 heavy (non-hydrogen) atoms. The van der Waals surface area contributed by atoms with Crippen molar-refractivity contribution in [1.29, 1.82) is 5.26 Å². The van der Waals surface area contributed by atoms with Crippen LogP contribution in [0.25, 0.3) is 0 Å². The lowest BCUT2D eigenvalue weighted by molar-refractivity contribution is 0.147. The number of anilines is 1. The number of sulfonamides is 1. The summed E-state index contributed by atoms with van der Waals surface area (Å²) in [6, 6.07) is 8.01. The highest BCUT2D eigenvalue weighted by Gasteiger charge is 2.17. The quantitative estimate of drug-likeness (QED) is 0.760. The summed E-state index contributed by atoms with van der Waals surface area (Å²) in [6.45, 7) is 2.15.